The standard InChI is InChI=1S/C19H18FN3O4/c20-14-2-1-3-15(10-14)27-17-5-4-13(12-22-17)11-21-16(24)8-9-23-18(25)6-7-19(23)26/h1-5,10,12H,6-9,11H2,(H,21,24). The number of carbonyl (C=O) groups excluding carboxylic acids is 3. The highest BCUT2D eigenvalue weighted by Gasteiger charge is 2.28. The quantitative estimate of drug-likeness (QED) is 0.754. The average Bonchev–Trinajstić information content (AvgIpc) is 2.97. The highest BCUT2D eigenvalue weighted by molar-refractivity contribution is 6.02. The van der Waals surface area contributed by atoms with E-state index in [1.54, 1.807) is 24.4 Å². The number of halogens is 1. The summed E-state index contributed by atoms with van der Waals surface area (Å²) in [6, 6.07) is 9.09. The Morgan fingerprint density at radius 3 is 2.63 bits per heavy atom. The van der Waals surface area contributed by atoms with Gasteiger partial charge >= 0.3 is 0 Å². The van der Waals surface area contributed by atoms with Gasteiger partial charge in [-0.1, -0.05) is 12.1 Å². The van der Waals surface area contributed by atoms with E-state index in [0.717, 1.165) is 10.5 Å². The number of nitrogens with zero attached hydrogens (tertiary/aromatic N) is 2. The van der Waals surface area contributed by atoms with Crippen molar-refractivity contribution in [1.29, 1.82) is 0 Å². The Balaban J connectivity index is 1.45. The third-order valence-electron chi connectivity index (χ3n) is 4.02. The molecule has 2 aromatic rings. The minimum Gasteiger partial charge on any atom is -0.439 e. The molecule has 3 rings (SSSR count). The summed E-state index contributed by atoms with van der Waals surface area (Å²) in [5.41, 5.74) is 0.753. The van der Waals surface area contributed by atoms with Gasteiger partial charge in [-0.2, -0.15) is 0 Å². The number of hydrogen-bond donors (Lipinski definition) is 1. The number of imide groups is 1. The van der Waals surface area contributed by atoms with Gasteiger partial charge in [-0.05, 0) is 17.7 Å². The maximum absolute atomic E-state index is 13.1. The molecule has 8 heteroatoms. The van der Waals surface area contributed by atoms with E-state index < -0.39 is 5.82 Å². The fourth-order valence-corrected chi connectivity index (χ4v) is 2.60. The van der Waals surface area contributed by atoms with Gasteiger partial charge in [0.2, 0.25) is 23.6 Å². The molecular formula is C19H18FN3O4. The van der Waals surface area contributed by atoms with E-state index in [4.69, 9.17) is 4.74 Å². The molecule has 3 amide bonds. The zero-order chi connectivity index (χ0) is 19.2. The van der Waals surface area contributed by atoms with Crippen LogP contribution in [0.4, 0.5) is 4.39 Å². The Morgan fingerprint density at radius 2 is 1.96 bits per heavy atom. The molecular weight excluding hydrogens is 353 g/mol. The van der Waals surface area contributed by atoms with E-state index in [2.05, 4.69) is 10.3 Å². The van der Waals surface area contributed by atoms with Crippen LogP contribution in [0.3, 0.4) is 0 Å². The van der Waals surface area contributed by atoms with Crippen molar-refractivity contribution in [2.45, 2.75) is 25.8 Å². The number of pyridine rings is 1. The largest absolute Gasteiger partial charge is 0.439 e. The van der Waals surface area contributed by atoms with Crippen LogP contribution in [0.1, 0.15) is 24.8 Å². The third kappa shape index (κ3) is 5.10. The number of likely N-dealkylation sites (tertiary alicyclic amines) is 1. The zero-order valence-corrected chi connectivity index (χ0v) is 14.5. The highest BCUT2D eigenvalue weighted by Crippen LogP contribution is 2.20. The van der Waals surface area contributed by atoms with Crippen LogP contribution in [0.2, 0.25) is 0 Å². The van der Waals surface area contributed by atoms with Crippen molar-refractivity contribution in [3.8, 4) is 11.6 Å². The van der Waals surface area contributed by atoms with E-state index in [1.165, 1.54) is 18.2 Å². The van der Waals surface area contributed by atoms with Gasteiger partial charge in [-0.3, -0.25) is 19.3 Å². The van der Waals surface area contributed by atoms with Crippen LogP contribution in [-0.2, 0) is 20.9 Å². The molecule has 0 spiro atoms. The van der Waals surface area contributed by atoms with Crippen LogP contribution < -0.4 is 10.1 Å². The fraction of sp³-hybridized carbons (Fsp3) is 0.263. The lowest BCUT2D eigenvalue weighted by Gasteiger charge is -2.13. The Bertz CT molecular complexity index is 838. The number of benzene rings is 1. The van der Waals surface area contributed by atoms with Crippen molar-refractivity contribution in [3.63, 3.8) is 0 Å². The summed E-state index contributed by atoms with van der Waals surface area (Å²) >= 11 is 0. The van der Waals surface area contributed by atoms with E-state index in [0.29, 0.717) is 11.6 Å². The van der Waals surface area contributed by atoms with Crippen LogP contribution in [0.25, 0.3) is 0 Å². The predicted octanol–water partition coefficient (Wildman–Crippen LogP) is 2.17. The Hall–Kier alpha value is -3.29. The smallest absolute Gasteiger partial charge is 0.229 e. The Kier molecular flexibility index (Phi) is 5.75. The molecule has 1 saturated heterocycles. The molecule has 1 aromatic carbocycles. The highest BCUT2D eigenvalue weighted by atomic mass is 19.1. The Morgan fingerprint density at radius 1 is 1.19 bits per heavy atom. The molecule has 1 fully saturated rings. The van der Waals surface area contributed by atoms with E-state index >= 15 is 0 Å². The topological polar surface area (TPSA) is 88.6 Å². The van der Waals surface area contributed by atoms with E-state index in [-0.39, 0.29) is 50.1 Å². The molecule has 0 bridgehead atoms. The number of aromatic nitrogens is 1. The molecule has 2 heterocycles. The average molecular weight is 371 g/mol. The molecule has 0 unspecified atom stereocenters. The number of ether oxygens (including phenoxy) is 1. The molecule has 140 valence electrons. The van der Waals surface area contributed by atoms with Gasteiger partial charge in [0.1, 0.15) is 11.6 Å². The van der Waals surface area contributed by atoms with Gasteiger partial charge in [-0.25, -0.2) is 9.37 Å². The molecule has 1 N–H and O–H groups in total. The second-order valence-corrected chi connectivity index (χ2v) is 6.03. The zero-order valence-electron chi connectivity index (χ0n) is 14.5. The van der Waals surface area contributed by atoms with Gasteiger partial charge in [-0.15, -0.1) is 0 Å². The van der Waals surface area contributed by atoms with Crippen LogP contribution in [-0.4, -0.2) is 34.2 Å². The number of carbonyl (C=O) groups is 3. The molecule has 7 nitrogen and oxygen atoms in total. The SMILES string of the molecule is O=C(CCN1C(=O)CCC1=O)NCc1ccc(Oc2cccc(F)c2)nc1. The molecule has 1 aliphatic heterocycles. The molecule has 0 aliphatic carbocycles. The fourth-order valence-electron chi connectivity index (χ4n) is 2.60. The van der Waals surface area contributed by atoms with E-state index in [1.807, 2.05) is 0 Å². The molecule has 0 atom stereocenters. The maximum atomic E-state index is 13.1. The van der Waals surface area contributed by atoms with Gasteiger partial charge in [0.15, 0.2) is 0 Å². The lowest BCUT2D eigenvalue weighted by atomic mass is 10.2. The van der Waals surface area contributed by atoms with Gasteiger partial charge < -0.3 is 10.1 Å². The first kappa shape index (κ1) is 18.5. The predicted molar refractivity (Wildman–Crippen MR) is 93.1 cm³/mol. The molecule has 0 radical (unpaired) electrons. The van der Waals surface area contributed by atoms with Crippen molar-refractivity contribution in [3.05, 3.63) is 54.0 Å². The maximum Gasteiger partial charge on any atom is 0.229 e. The lowest BCUT2D eigenvalue weighted by molar-refractivity contribution is -0.138. The summed E-state index contributed by atoms with van der Waals surface area (Å²) in [5.74, 6) is -0.472. The summed E-state index contributed by atoms with van der Waals surface area (Å²) < 4.78 is 18.6. The number of rotatable bonds is 7. The van der Waals surface area contributed by atoms with Crippen molar-refractivity contribution >= 4 is 17.7 Å². The van der Waals surface area contributed by atoms with Gasteiger partial charge in [0.05, 0.1) is 0 Å². The van der Waals surface area contributed by atoms with Gasteiger partial charge in [0.25, 0.3) is 0 Å². The minimum absolute atomic E-state index is 0.0612. The second-order valence-electron chi connectivity index (χ2n) is 6.03. The normalized spacial score (nSPS) is 13.7. The minimum atomic E-state index is -0.399. The first-order valence-electron chi connectivity index (χ1n) is 8.49. The second kappa shape index (κ2) is 8.39. The molecule has 27 heavy (non-hydrogen) atoms. The summed E-state index contributed by atoms with van der Waals surface area (Å²) in [4.78, 5) is 40.1. The number of amides is 3. The monoisotopic (exact) mass is 371 g/mol. The molecule has 0 saturated carbocycles. The third-order valence-corrected chi connectivity index (χ3v) is 4.02. The van der Waals surface area contributed by atoms with Crippen molar-refractivity contribution < 1.29 is 23.5 Å². The van der Waals surface area contributed by atoms with Crippen LogP contribution in [0.5, 0.6) is 11.6 Å². The summed E-state index contributed by atoms with van der Waals surface area (Å²) in [5, 5.41) is 2.71. The van der Waals surface area contributed by atoms with Crippen molar-refractivity contribution in [1.82, 2.24) is 15.2 Å². The molecule has 1 aromatic heterocycles. The lowest BCUT2D eigenvalue weighted by Crippen LogP contribution is -2.34. The van der Waals surface area contributed by atoms with Crippen LogP contribution in [0.15, 0.2) is 42.6 Å². The number of hydrogen-bond acceptors (Lipinski definition) is 5. The van der Waals surface area contributed by atoms with E-state index in [9.17, 15) is 18.8 Å². The van der Waals surface area contributed by atoms with Crippen molar-refractivity contribution in [2.24, 2.45) is 0 Å². The molecule has 1 aliphatic rings. The Labute approximate surface area is 155 Å². The summed E-state index contributed by atoms with van der Waals surface area (Å²) in [7, 11) is 0. The first-order chi connectivity index (χ1) is 13.0. The van der Waals surface area contributed by atoms with Gasteiger partial charge in [0, 0.05) is 50.7 Å². The number of nitrogens with one attached hydrogen (secondary N) is 1. The van der Waals surface area contributed by atoms with Crippen LogP contribution >= 0.6 is 0 Å². The summed E-state index contributed by atoms with van der Waals surface area (Å²) in [6.07, 6.45) is 2.04. The first-order valence-corrected chi connectivity index (χ1v) is 8.49. The summed E-state index contributed by atoms with van der Waals surface area (Å²) in [6.45, 7) is 0.357. The van der Waals surface area contributed by atoms with Crippen molar-refractivity contribution in [2.75, 3.05) is 6.54 Å². The van der Waals surface area contributed by atoms with Crippen LogP contribution in [0, 0.1) is 5.82 Å².